The smallest absolute Gasteiger partial charge is 0.329 e. The lowest BCUT2D eigenvalue weighted by molar-refractivity contribution is -0.146. The maximum Gasteiger partial charge on any atom is 0.329 e. The average molecular weight is 316 g/mol. The number of carbonyl (C=O) groups is 2. The number of amides is 2. The molecule has 1 unspecified atom stereocenters. The topological polar surface area (TPSA) is 78.4 Å². The maximum atomic E-state index is 11.9. The Balaban J connectivity index is 2.48. The van der Waals surface area contributed by atoms with Crippen molar-refractivity contribution in [3.05, 3.63) is 0 Å². The lowest BCUT2D eigenvalue weighted by Gasteiger charge is -2.37. The van der Waals surface area contributed by atoms with Gasteiger partial charge in [-0.25, -0.2) is 9.59 Å². The summed E-state index contributed by atoms with van der Waals surface area (Å²) in [5.74, 6) is -0.325. The third-order valence-corrected chi connectivity index (χ3v) is 5.58. The van der Waals surface area contributed by atoms with Gasteiger partial charge < -0.3 is 15.7 Å². The van der Waals surface area contributed by atoms with Gasteiger partial charge in [-0.15, -0.1) is 0 Å². The Hall–Kier alpha value is -0.910. The summed E-state index contributed by atoms with van der Waals surface area (Å²) >= 11 is 1.75. The fraction of sp³-hybridized carbons (Fsp3) is 0.867. The molecule has 1 atom stereocenters. The highest BCUT2D eigenvalue weighted by atomic mass is 32.2. The lowest BCUT2D eigenvalue weighted by Crippen LogP contribution is -2.58. The molecule has 0 heterocycles. The molecule has 2 amide bonds. The zero-order chi connectivity index (χ0) is 15.9. The molecule has 0 aromatic heterocycles. The van der Waals surface area contributed by atoms with Gasteiger partial charge in [0.25, 0.3) is 0 Å². The number of nitrogens with one attached hydrogen (secondary N) is 2. The van der Waals surface area contributed by atoms with E-state index in [1.165, 1.54) is 0 Å². The van der Waals surface area contributed by atoms with E-state index in [4.69, 9.17) is 0 Å². The monoisotopic (exact) mass is 316 g/mol. The fourth-order valence-electron chi connectivity index (χ4n) is 2.74. The van der Waals surface area contributed by atoms with Gasteiger partial charge in [0.1, 0.15) is 5.54 Å². The predicted molar refractivity (Wildman–Crippen MR) is 86.7 cm³/mol. The second kappa shape index (κ2) is 8.51. The van der Waals surface area contributed by atoms with E-state index in [0.717, 1.165) is 25.7 Å². The summed E-state index contributed by atoms with van der Waals surface area (Å²) in [4.78, 5) is 23.5. The molecule has 1 fully saturated rings. The molecular formula is C15H28N2O3S. The maximum absolute atomic E-state index is 11.9. The van der Waals surface area contributed by atoms with Crippen molar-refractivity contribution in [1.29, 1.82) is 0 Å². The van der Waals surface area contributed by atoms with Crippen LogP contribution in [-0.4, -0.2) is 40.7 Å². The van der Waals surface area contributed by atoms with Crippen LogP contribution in [-0.2, 0) is 4.79 Å². The first kappa shape index (κ1) is 18.1. The molecule has 122 valence electrons. The number of aliphatic carboxylic acids is 1. The molecule has 0 spiro atoms. The summed E-state index contributed by atoms with van der Waals surface area (Å²) in [5, 5.41) is 15.5. The van der Waals surface area contributed by atoms with Gasteiger partial charge >= 0.3 is 12.0 Å². The van der Waals surface area contributed by atoms with Gasteiger partial charge in [-0.1, -0.05) is 20.3 Å². The summed E-state index contributed by atoms with van der Waals surface area (Å²) < 4.78 is 0. The third kappa shape index (κ3) is 5.41. The highest BCUT2D eigenvalue weighted by molar-refractivity contribution is 7.99. The third-order valence-electron chi connectivity index (χ3n) is 4.54. The van der Waals surface area contributed by atoms with Crippen LogP contribution in [0.4, 0.5) is 4.79 Å². The van der Waals surface area contributed by atoms with Crippen molar-refractivity contribution in [3.63, 3.8) is 0 Å². The molecule has 0 radical (unpaired) electrons. The van der Waals surface area contributed by atoms with Gasteiger partial charge in [0, 0.05) is 11.8 Å². The minimum Gasteiger partial charge on any atom is -0.480 e. The molecule has 0 aromatic carbocycles. The zero-order valence-electron chi connectivity index (χ0n) is 13.3. The SMILES string of the molecule is CCC1CCC(NC(=O)NCCC(C)SC)(C(=O)O)CC1. The van der Waals surface area contributed by atoms with Crippen LogP contribution in [0.15, 0.2) is 0 Å². The summed E-state index contributed by atoms with van der Waals surface area (Å²) in [6.07, 6.45) is 6.78. The average Bonchev–Trinajstić information content (AvgIpc) is 2.47. The Labute approximate surface area is 131 Å². The van der Waals surface area contributed by atoms with Crippen molar-refractivity contribution in [2.75, 3.05) is 12.8 Å². The summed E-state index contributed by atoms with van der Waals surface area (Å²) in [7, 11) is 0. The number of thioether (sulfide) groups is 1. The van der Waals surface area contributed by atoms with Gasteiger partial charge in [-0.2, -0.15) is 11.8 Å². The van der Waals surface area contributed by atoms with Gasteiger partial charge in [-0.3, -0.25) is 0 Å². The number of urea groups is 1. The second-order valence-electron chi connectivity index (χ2n) is 5.95. The molecule has 5 nitrogen and oxygen atoms in total. The van der Waals surface area contributed by atoms with E-state index in [-0.39, 0.29) is 6.03 Å². The first-order valence-corrected chi connectivity index (χ1v) is 9.04. The van der Waals surface area contributed by atoms with Gasteiger partial charge in [-0.05, 0) is 44.3 Å². The molecule has 1 aliphatic rings. The number of hydrogen-bond acceptors (Lipinski definition) is 3. The van der Waals surface area contributed by atoms with Crippen molar-refractivity contribution >= 4 is 23.8 Å². The molecule has 6 heteroatoms. The normalized spacial score (nSPS) is 26.9. The number of carbonyl (C=O) groups excluding carboxylic acids is 1. The molecule has 1 saturated carbocycles. The fourth-order valence-corrected chi connectivity index (χ4v) is 3.09. The van der Waals surface area contributed by atoms with Crippen LogP contribution in [0.3, 0.4) is 0 Å². The Bertz CT molecular complexity index is 355. The van der Waals surface area contributed by atoms with E-state index < -0.39 is 11.5 Å². The molecule has 1 rings (SSSR count). The van der Waals surface area contributed by atoms with Crippen LogP contribution >= 0.6 is 11.8 Å². The van der Waals surface area contributed by atoms with Crippen LogP contribution in [0, 0.1) is 5.92 Å². The van der Waals surface area contributed by atoms with E-state index in [1.54, 1.807) is 11.8 Å². The quantitative estimate of drug-likeness (QED) is 0.675. The molecule has 0 aromatic rings. The minimum absolute atomic E-state index is 0.361. The van der Waals surface area contributed by atoms with Crippen LogP contribution < -0.4 is 10.6 Å². The Morgan fingerprint density at radius 3 is 2.48 bits per heavy atom. The van der Waals surface area contributed by atoms with E-state index in [1.807, 2.05) is 6.26 Å². The second-order valence-corrected chi connectivity index (χ2v) is 7.23. The van der Waals surface area contributed by atoms with E-state index in [0.29, 0.717) is 30.6 Å². The molecule has 3 N–H and O–H groups in total. The minimum atomic E-state index is -1.08. The highest BCUT2D eigenvalue weighted by Crippen LogP contribution is 2.33. The molecule has 1 aliphatic carbocycles. The molecule has 0 aliphatic heterocycles. The standard InChI is InChI=1S/C15H28N2O3S/c1-4-12-5-8-15(9-6-12,13(18)19)17-14(20)16-10-7-11(2)21-3/h11-12H,4-10H2,1-3H3,(H,18,19)(H2,16,17,20). The molecule has 21 heavy (non-hydrogen) atoms. The summed E-state index contributed by atoms with van der Waals surface area (Å²) in [6, 6.07) is -0.361. The summed E-state index contributed by atoms with van der Waals surface area (Å²) in [6.45, 7) is 4.81. The Kier molecular flexibility index (Phi) is 7.35. The van der Waals surface area contributed by atoms with Crippen molar-refractivity contribution in [2.24, 2.45) is 5.92 Å². The lowest BCUT2D eigenvalue weighted by atomic mass is 9.75. The van der Waals surface area contributed by atoms with E-state index in [2.05, 4.69) is 24.5 Å². The van der Waals surface area contributed by atoms with Crippen LogP contribution in [0.25, 0.3) is 0 Å². The summed E-state index contributed by atoms with van der Waals surface area (Å²) in [5.41, 5.74) is -1.08. The van der Waals surface area contributed by atoms with Gasteiger partial charge in [0.05, 0.1) is 0 Å². The van der Waals surface area contributed by atoms with Crippen LogP contribution in [0.5, 0.6) is 0 Å². The molecule has 0 saturated heterocycles. The molecular weight excluding hydrogens is 288 g/mol. The van der Waals surface area contributed by atoms with E-state index >= 15 is 0 Å². The van der Waals surface area contributed by atoms with Gasteiger partial charge in [0.15, 0.2) is 0 Å². The van der Waals surface area contributed by atoms with Crippen molar-refractivity contribution in [3.8, 4) is 0 Å². The number of rotatable bonds is 7. The largest absolute Gasteiger partial charge is 0.480 e. The van der Waals surface area contributed by atoms with Crippen molar-refractivity contribution < 1.29 is 14.7 Å². The number of carboxylic acid groups (broad SMARTS) is 1. The van der Waals surface area contributed by atoms with Crippen molar-refractivity contribution in [2.45, 2.75) is 63.2 Å². The van der Waals surface area contributed by atoms with Crippen LogP contribution in [0.2, 0.25) is 0 Å². The number of carboxylic acids is 1. The van der Waals surface area contributed by atoms with Crippen LogP contribution in [0.1, 0.15) is 52.4 Å². The highest BCUT2D eigenvalue weighted by Gasteiger charge is 2.42. The Morgan fingerprint density at radius 2 is 2.00 bits per heavy atom. The van der Waals surface area contributed by atoms with E-state index in [9.17, 15) is 14.7 Å². The Morgan fingerprint density at radius 1 is 1.38 bits per heavy atom. The number of hydrogen-bond donors (Lipinski definition) is 3. The first-order valence-electron chi connectivity index (χ1n) is 7.75. The first-order chi connectivity index (χ1) is 9.93. The predicted octanol–water partition coefficient (Wildman–Crippen LogP) is 2.85. The zero-order valence-corrected chi connectivity index (χ0v) is 14.1. The van der Waals surface area contributed by atoms with Crippen molar-refractivity contribution in [1.82, 2.24) is 10.6 Å². The van der Waals surface area contributed by atoms with Gasteiger partial charge in [0.2, 0.25) is 0 Å². The molecule has 0 bridgehead atoms.